The Balaban J connectivity index is 3.78. The number of ether oxygens (including phenoxy) is 2. The lowest BCUT2D eigenvalue weighted by Gasteiger charge is -2.10. The molecule has 0 N–H and O–H groups in total. The standard InChI is InChI=1S/C8H17O4P/c1-4-11-7(3)13(10)6-8(9)12-5-2/h7,13H,4-6H2,1-3H3. The SMILES string of the molecule is CCOC(=O)C[PH](=O)C(C)OCC. The lowest BCUT2D eigenvalue weighted by molar-refractivity contribution is -0.140. The molecule has 0 aromatic rings. The number of carbonyl (C=O) groups excluding carboxylic acids is 1. The molecule has 0 aromatic carbocycles. The summed E-state index contributed by atoms with van der Waals surface area (Å²) in [6.45, 7) is 6.11. The fraction of sp³-hybridized carbons (Fsp3) is 0.875. The molecule has 78 valence electrons. The highest BCUT2D eigenvalue weighted by Crippen LogP contribution is 2.28. The molecule has 13 heavy (non-hydrogen) atoms. The molecule has 0 saturated carbocycles. The smallest absolute Gasteiger partial charge is 0.313 e. The first-order valence-corrected chi connectivity index (χ1v) is 6.11. The molecule has 0 bridgehead atoms. The van der Waals surface area contributed by atoms with E-state index in [0.29, 0.717) is 13.2 Å². The van der Waals surface area contributed by atoms with Crippen molar-refractivity contribution in [1.29, 1.82) is 0 Å². The van der Waals surface area contributed by atoms with Crippen molar-refractivity contribution in [3.8, 4) is 0 Å². The second-order valence-electron chi connectivity index (χ2n) is 2.55. The minimum atomic E-state index is -2.00. The van der Waals surface area contributed by atoms with Crippen LogP contribution in [0.25, 0.3) is 0 Å². The molecule has 0 aliphatic heterocycles. The van der Waals surface area contributed by atoms with Crippen LogP contribution in [0, 0.1) is 0 Å². The van der Waals surface area contributed by atoms with Crippen molar-refractivity contribution in [2.24, 2.45) is 0 Å². The Morgan fingerprint density at radius 2 is 2.00 bits per heavy atom. The first-order chi connectivity index (χ1) is 6.11. The minimum Gasteiger partial charge on any atom is -0.466 e. The van der Waals surface area contributed by atoms with Gasteiger partial charge in [0.1, 0.15) is 13.6 Å². The molecular weight excluding hydrogens is 191 g/mol. The third-order valence-electron chi connectivity index (χ3n) is 1.49. The molecule has 4 nitrogen and oxygen atoms in total. The van der Waals surface area contributed by atoms with Gasteiger partial charge in [-0.05, 0) is 20.8 Å². The van der Waals surface area contributed by atoms with Gasteiger partial charge in [-0.25, -0.2) is 0 Å². The second-order valence-corrected chi connectivity index (χ2v) is 4.64. The predicted octanol–water partition coefficient (Wildman–Crippen LogP) is 1.49. The van der Waals surface area contributed by atoms with Crippen molar-refractivity contribution < 1.29 is 18.8 Å². The van der Waals surface area contributed by atoms with Gasteiger partial charge in [0.05, 0.1) is 12.8 Å². The van der Waals surface area contributed by atoms with Gasteiger partial charge in [-0.15, -0.1) is 0 Å². The van der Waals surface area contributed by atoms with Crippen molar-refractivity contribution >= 4 is 13.8 Å². The summed E-state index contributed by atoms with van der Waals surface area (Å²) in [5.74, 6) is -0.739. The zero-order chi connectivity index (χ0) is 10.3. The average molecular weight is 208 g/mol. The van der Waals surface area contributed by atoms with Gasteiger partial charge in [-0.3, -0.25) is 4.79 Å². The number of rotatable bonds is 6. The summed E-state index contributed by atoms with van der Waals surface area (Å²) in [6.07, 6.45) is -0.0142. The minimum absolute atomic E-state index is 0.0142. The van der Waals surface area contributed by atoms with Crippen molar-refractivity contribution in [1.82, 2.24) is 0 Å². The predicted molar refractivity (Wildman–Crippen MR) is 51.6 cm³/mol. The Labute approximate surface area is 79.4 Å². The van der Waals surface area contributed by atoms with Crippen LogP contribution in [0.4, 0.5) is 0 Å². The van der Waals surface area contributed by atoms with E-state index in [0.717, 1.165) is 0 Å². The van der Waals surface area contributed by atoms with Crippen LogP contribution in [-0.2, 0) is 18.8 Å². The second kappa shape index (κ2) is 7.10. The summed E-state index contributed by atoms with van der Waals surface area (Å²) in [5.41, 5.74) is 0. The quantitative estimate of drug-likeness (QED) is 0.490. The molecule has 2 atom stereocenters. The largest absolute Gasteiger partial charge is 0.466 e. The Hall–Kier alpha value is -0.340. The van der Waals surface area contributed by atoms with Crippen LogP contribution in [-0.4, -0.2) is 31.2 Å². The number of carbonyl (C=O) groups is 1. The van der Waals surface area contributed by atoms with E-state index >= 15 is 0 Å². The zero-order valence-electron chi connectivity index (χ0n) is 8.33. The normalized spacial score (nSPS) is 15.0. The van der Waals surface area contributed by atoms with Crippen LogP contribution in [0.5, 0.6) is 0 Å². The molecule has 0 amide bonds. The molecule has 0 aliphatic rings. The summed E-state index contributed by atoms with van der Waals surface area (Å²) in [7, 11) is -2.00. The molecule has 0 fully saturated rings. The van der Waals surface area contributed by atoms with Gasteiger partial charge in [-0.2, -0.15) is 0 Å². The summed E-state index contributed by atoms with van der Waals surface area (Å²) >= 11 is 0. The first-order valence-electron chi connectivity index (χ1n) is 4.41. The molecule has 0 aliphatic carbocycles. The van der Waals surface area contributed by atoms with Gasteiger partial charge in [0, 0.05) is 6.61 Å². The lowest BCUT2D eigenvalue weighted by Crippen LogP contribution is -2.11. The van der Waals surface area contributed by atoms with E-state index < -0.39 is 13.8 Å². The average Bonchev–Trinajstić information content (AvgIpc) is 2.05. The van der Waals surface area contributed by atoms with Crippen LogP contribution in [0.2, 0.25) is 0 Å². The molecule has 0 spiro atoms. The Kier molecular flexibility index (Phi) is 6.92. The van der Waals surface area contributed by atoms with Crippen LogP contribution >= 0.6 is 7.80 Å². The van der Waals surface area contributed by atoms with E-state index in [9.17, 15) is 9.36 Å². The molecule has 0 saturated heterocycles. The van der Waals surface area contributed by atoms with E-state index in [-0.39, 0.29) is 12.0 Å². The zero-order valence-corrected chi connectivity index (χ0v) is 9.33. The lowest BCUT2D eigenvalue weighted by atomic mass is 10.8. The molecule has 2 unspecified atom stereocenters. The Morgan fingerprint density at radius 3 is 2.46 bits per heavy atom. The monoisotopic (exact) mass is 208 g/mol. The van der Waals surface area contributed by atoms with Crippen LogP contribution in [0.15, 0.2) is 0 Å². The maximum absolute atomic E-state index is 11.4. The Morgan fingerprint density at radius 1 is 1.38 bits per heavy atom. The van der Waals surface area contributed by atoms with Gasteiger partial charge < -0.3 is 14.0 Å². The van der Waals surface area contributed by atoms with Gasteiger partial charge >= 0.3 is 5.97 Å². The topological polar surface area (TPSA) is 52.6 Å². The fourth-order valence-corrected chi connectivity index (χ4v) is 1.87. The molecule has 0 heterocycles. The number of hydrogen-bond acceptors (Lipinski definition) is 4. The van der Waals surface area contributed by atoms with Crippen LogP contribution in [0.1, 0.15) is 20.8 Å². The molecule has 0 aromatic heterocycles. The molecule has 0 rings (SSSR count). The van der Waals surface area contributed by atoms with Gasteiger partial charge in [0.25, 0.3) is 0 Å². The maximum atomic E-state index is 11.4. The highest BCUT2D eigenvalue weighted by Gasteiger charge is 2.15. The van der Waals surface area contributed by atoms with Crippen LogP contribution < -0.4 is 0 Å². The number of esters is 1. The summed E-state index contributed by atoms with van der Waals surface area (Å²) in [4.78, 5) is 10.9. The highest BCUT2D eigenvalue weighted by atomic mass is 31.1. The Bertz CT molecular complexity index is 181. The van der Waals surface area contributed by atoms with Gasteiger partial charge in [0.15, 0.2) is 0 Å². The van der Waals surface area contributed by atoms with E-state index in [1.807, 2.05) is 6.92 Å². The van der Waals surface area contributed by atoms with E-state index in [1.54, 1.807) is 13.8 Å². The fourth-order valence-electron chi connectivity index (χ4n) is 0.841. The molecule has 5 heteroatoms. The van der Waals surface area contributed by atoms with Gasteiger partial charge in [-0.1, -0.05) is 0 Å². The first kappa shape index (κ1) is 12.7. The van der Waals surface area contributed by atoms with Crippen molar-refractivity contribution in [2.45, 2.75) is 26.6 Å². The van der Waals surface area contributed by atoms with Gasteiger partial charge in [0.2, 0.25) is 0 Å². The third-order valence-corrected chi connectivity index (χ3v) is 3.20. The van der Waals surface area contributed by atoms with E-state index in [1.165, 1.54) is 0 Å². The summed E-state index contributed by atoms with van der Waals surface area (Å²) < 4.78 is 21.2. The molecule has 0 radical (unpaired) electrons. The summed E-state index contributed by atoms with van der Waals surface area (Å²) in [5, 5.41) is 0. The van der Waals surface area contributed by atoms with Crippen molar-refractivity contribution in [3.05, 3.63) is 0 Å². The third kappa shape index (κ3) is 5.83. The van der Waals surface area contributed by atoms with Crippen molar-refractivity contribution in [2.75, 3.05) is 19.4 Å². The summed E-state index contributed by atoms with van der Waals surface area (Å²) in [6, 6.07) is 0. The van der Waals surface area contributed by atoms with Crippen molar-refractivity contribution in [3.63, 3.8) is 0 Å². The van der Waals surface area contributed by atoms with E-state index in [4.69, 9.17) is 4.74 Å². The number of hydrogen-bond donors (Lipinski definition) is 0. The van der Waals surface area contributed by atoms with E-state index in [2.05, 4.69) is 4.74 Å². The molecular formula is C8H17O4P. The van der Waals surface area contributed by atoms with Crippen LogP contribution in [0.3, 0.4) is 0 Å². The highest BCUT2D eigenvalue weighted by molar-refractivity contribution is 7.46. The maximum Gasteiger partial charge on any atom is 0.313 e.